The van der Waals surface area contributed by atoms with Crippen LogP contribution in [0.15, 0.2) is 18.2 Å². The molecule has 0 spiro atoms. The first-order valence-electron chi connectivity index (χ1n) is 4.15. The third-order valence-electron chi connectivity index (χ3n) is 1.66. The Bertz CT molecular complexity index is 389. The molecule has 0 aliphatic carbocycles. The average molecular weight is 225 g/mol. The summed E-state index contributed by atoms with van der Waals surface area (Å²) >= 11 is 0. The highest BCUT2D eigenvalue weighted by molar-refractivity contribution is 7.34. The number of hydrogen-bond donors (Lipinski definition) is 1. The summed E-state index contributed by atoms with van der Waals surface area (Å²) in [7, 11) is -0.135. The molecule has 0 unspecified atom stereocenters. The van der Waals surface area contributed by atoms with Gasteiger partial charge in [-0.3, -0.25) is 4.57 Å². The predicted molar refractivity (Wildman–Crippen MR) is 57.6 cm³/mol. The fraction of sp³-hybridized carbons (Fsp3) is 0.200. The van der Waals surface area contributed by atoms with E-state index in [1.807, 2.05) is 0 Å². The van der Waals surface area contributed by atoms with Crippen molar-refractivity contribution in [1.82, 2.24) is 0 Å². The maximum absolute atomic E-state index is 12.0. The van der Waals surface area contributed by atoms with Crippen molar-refractivity contribution in [2.45, 2.75) is 0 Å². The molecule has 1 N–H and O–H groups in total. The van der Waals surface area contributed by atoms with Gasteiger partial charge in [0.1, 0.15) is 5.75 Å². The lowest BCUT2D eigenvalue weighted by Gasteiger charge is -2.09. The van der Waals surface area contributed by atoms with Crippen LogP contribution in [0.2, 0.25) is 0 Å². The van der Waals surface area contributed by atoms with Crippen molar-refractivity contribution in [3.8, 4) is 18.1 Å². The Kier molecular flexibility index (Phi) is 4.59. The van der Waals surface area contributed by atoms with Gasteiger partial charge < -0.3 is 10.1 Å². The van der Waals surface area contributed by atoms with E-state index < -0.39 is 6.86 Å². The first kappa shape index (κ1) is 11.5. The van der Waals surface area contributed by atoms with Gasteiger partial charge in [-0.15, -0.1) is 6.42 Å². The van der Waals surface area contributed by atoms with E-state index in [1.165, 1.54) is 6.07 Å². The number of terminal acetylenes is 1. The molecule has 78 valence electrons. The molecule has 0 aromatic heterocycles. The van der Waals surface area contributed by atoms with Crippen LogP contribution in [0, 0.1) is 12.3 Å². The summed E-state index contributed by atoms with van der Waals surface area (Å²) in [5.41, 5.74) is 0.581. The molecule has 0 atom stereocenters. The Balaban J connectivity index is 2.93. The zero-order valence-corrected chi connectivity index (χ0v) is 8.76. The van der Waals surface area contributed by atoms with Crippen LogP contribution in [0.1, 0.15) is 0 Å². The Morgan fingerprint density at radius 2 is 2.40 bits per heavy atom. The second-order valence-corrected chi connectivity index (χ2v) is 3.28. The van der Waals surface area contributed by atoms with Gasteiger partial charge in [0.05, 0.1) is 12.2 Å². The van der Waals surface area contributed by atoms with Crippen LogP contribution < -0.4 is 15.4 Å². The molecule has 1 rings (SSSR count). The van der Waals surface area contributed by atoms with E-state index in [-0.39, 0.29) is 8.46 Å². The van der Waals surface area contributed by atoms with Crippen molar-refractivity contribution in [1.29, 1.82) is 0 Å². The molecule has 0 saturated carbocycles. The van der Waals surface area contributed by atoms with Crippen molar-refractivity contribution in [2.24, 2.45) is 0 Å². The van der Waals surface area contributed by atoms with Crippen LogP contribution in [0.25, 0.3) is 0 Å². The van der Waals surface area contributed by atoms with Crippen LogP contribution in [-0.4, -0.2) is 13.4 Å². The summed E-state index contributed by atoms with van der Waals surface area (Å²) in [5.74, 6) is 2.69. The van der Waals surface area contributed by atoms with Gasteiger partial charge in [0.2, 0.25) is 6.86 Å². The van der Waals surface area contributed by atoms with Gasteiger partial charge >= 0.3 is 0 Å². The molecule has 1 aromatic carbocycles. The van der Waals surface area contributed by atoms with E-state index >= 15 is 0 Å². The fourth-order valence-corrected chi connectivity index (χ4v) is 1.34. The van der Waals surface area contributed by atoms with E-state index in [2.05, 4.69) is 11.2 Å². The summed E-state index contributed by atoms with van der Waals surface area (Å²) in [6.07, 6.45) is 5.08. The summed E-state index contributed by atoms with van der Waals surface area (Å²) < 4.78 is 27.4. The maximum atomic E-state index is 12.0. The fourth-order valence-electron chi connectivity index (χ4n) is 1.04. The minimum atomic E-state index is -0.941. The van der Waals surface area contributed by atoms with Crippen molar-refractivity contribution in [3.05, 3.63) is 18.2 Å². The van der Waals surface area contributed by atoms with E-state index in [0.717, 1.165) is 0 Å². The molecule has 0 saturated heterocycles. The number of alkyl halides is 1. The van der Waals surface area contributed by atoms with Crippen LogP contribution >= 0.6 is 8.46 Å². The zero-order chi connectivity index (χ0) is 11.1. The first-order chi connectivity index (χ1) is 7.31. The van der Waals surface area contributed by atoms with Crippen molar-refractivity contribution in [3.63, 3.8) is 0 Å². The summed E-state index contributed by atoms with van der Waals surface area (Å²) in [4.78, 5) is 0. The first-order valence-corrected chi connectivity index (χ1v) is 4.96. The molecule has 0 aliphatic heterocycles. The number of hydrogen-bond acceptors (Lipinski definition) is 3. The van der Waals surface area contributed by atoms with Gasteiger partial charge in [-0.05, 0) is 18.2 Å². The highest BCUT2D eigenvalue weighted by Gasteiger charge is 2.04. The third-order valence-corrected chi connectivity index (χ3v) is 2.15. The van der Waals surface area contributed by atoms with Crippen molar-refractivity contribution in [2.75, 3.05) is 18.7 Å². The number of rotatable bonds is 5. The summed E-state index contributed by atoms with van der Waals surface area (Å²) in [6.45, 7) is -0.624. The quantitative estimate of drug-likeness (QED) is 0.614. The van der Waals surface area contributed by atoms with E-state index in [0.29, 0.717) is 23.3 Å². The SMILES string of the molecule is C#CCNc1ccc(P=O)cc1OCF. The molecule has 0 bridgehead atoms. The van der Waals surface area contributed by atoms with Gasteiger partial charge in [0.15, 0.2) is 8.46 Å². The highest BCUT2D eigenvalue weighted by Crippen LogP contribution is 2.23. The molecule has 0 aliphatic rings. The Hall–Kier alpha value is -1.59. The topological polar surface area (TPSA) is 38.3 Å². The van der Waals surface area contributed by atoms with Gasteiger partial charge in [0.25, 0.3) is 0 Å². The lowest BCUT2D eigenvalue weighted by molar-refractivity contribution is 0.193. The van der Waals surface area contributed by atoms with Crippen LogP contribution in [-0.2, 0) is 4.57 Å². The lowest BCUT2D eigenvalue weighted by atomic mass is 10.3. The lowest BCUT2D eigenvalue weighted by Crippen LogP contribution is -2.04. The Morgan fingerprint density at radius 1 is 1.60 bits per heavy atom. The molecular formula is C10H9FNO2P. The van der Waals surface area contributed by atoms with Gasteiger partial charge in [-0.25, -0.2) is 4.39 Å². The molecule has 1 aromatic rings. The predicted octanol–water partition coefficient (Wildman–Crippen LogP) is 1.95. The van der Waals surface area contributed by atoms with Crippen LogP contribution in [0.3, 0.4) is 0 Å². The van der Waals surface area contributed by atoms with Gasteiger partial charge in [0, 0.05) is 5.30 Å². The van der Waals surface area contributed by atoms with Crippen LogP contribution in [0.4, 0.5) is 10.1 Å². The monoisotopic (exact) mass is 225 g/mol. The maximum Gasteiger partial charge on any atom is 0.228 e. The second-order valence-electron chi connectivity index (χ2n) is 2.58. The minimum Gasteiger partial charge on any atom is -0.461 e. The number of ether oxygens (including phenoxy) is 1. The third kappa shape index (κ3) is 3.23. The molecular weight excluding hydrogens is 216 g/mol. The van der Waals surface area contributed by atoms with E-state index in [9.17, 15) is 8.96 Å². The molecule has 0 amide bonds. The number of halogens is 1. The van der Waals surface area contributed by atoms with Crippen molar-refractivity contribution >= 4 is 19.5 Å². The smallest absolute Gasteiger partial charge is 0.228 e. The molecule has 3 nitrogen and oxygen atoms in total. The minimum absolute atomic E-state index is 0.135. The van der Waals surface area contributed by atoms with Gasteiger partial charge in [-0.2, -0.15) is 0 Å². The second kappa shape index (κ2) is 6.00. The molecule has 15 heavy (non-hydrogen) atoms. The highest BCUT2D eigenvalue weighted by atomic mass is 31.1. The number of nitrogens with one attached hydrogen (secondary N) is 1. The normalized spacial score (nSPS) is 9.60. The zero-order valence-electron chi connectivity index (χ0n) is 7.87. The van der Waals surface area contributed by atoms with E-state index in [4.69, 9.17) is 11.2 Å². The summed E-state index contributed by atoms with van der Waals surface area (Å²) in [5, 5.41) is 3.38. The molecule has 0 heterocycles. The van der Waals surface area contributed by atoms with Crippen LogP contribution in [0.5, 0.6) is 5.75 Å². The molecule has 5 heteroatoms. The van der Waals surface area contributed by atoms with Gasteiger partial charge in [-0.1, -0.05) is 5.92 Å². The molecule has 0 fully saturated rings. The van der Waals surface area contributed by atoms with E-state index in [1.54, 1.807) is 12.1 Å². The Morgan fingerprint density at radius 3 is 3.00 bits per heavy atom. The number of anilines is 1. The largest absolute Gasteiger partial charge is 0.461 e. The molecule has 0 radical (unpaired) electrons. The average Bonchev–Trinajstić information content (AvgIpc) is 2.27. The number of benzene rings is 1. The standard InChI is InChI=1S/C10H9FNO2P/c1-2-5-12-9-4-3-8(15-13)6-10(9)14-7-11/h1,3-4,6,12H,5,7H2. The Labute approximate surface area is 88.8 Å². The summed E-state index contributed by atoms with van der Waals surface area (Å²) in [6, 6.07) is 4.77. The van der Waals surface area contributed by atoms with Crippen molar-refractivity contribution < 1.29 is 13.7 Å².